The van der Waals surface area contributed by atoms with Crippen molar-refractivity contribution in [3.8, 4) is 0 Å². The number of likely N-dealkylation sites (tertiary alicyclic amines) is 1. The molecule has 2 fully saturated rings. The Morgan fingerprint density at radius 3 is 2.63 bits per heavy atom. The van der Waals surface area contributed by atoms with Crippen LogP contribution in [0.5, 0.6) is 0 Å². The quantitative estimate of drug-likeness (QED) is 0.708. The molecule has 0 radical (unpaired) electrons. The molecule has 27 heavy (non-hydrogen) atoms. The Labute approximate surface area is 161 Å². The van der Waals surface area contributed by atoms with Crippen LogP contribution in [0.2, 0.25) is 0 Å². The van der Waals surface area contributed by atoms with E-state index in [-0.39, 0.29) is 11.3 Å². The minimum atomic E-state index is -3.18. The summed E-state index contributed by atoms with van der Waals surface area (Å²) in [5.41, 5.74) is 0.869. The molecule has 150 valence electrons. The molecule has 0 saturated carbocycles. The zero-order valence-corrected chi connectivity index (χ0v) is 16.8. The molecule has 1 spiro atoms. The molecule has 2 aliphatic rings. The third-order valence-corrected chi connectivity index (χ3v) is 6.38. The van der Waals surface area contributed by atoms with E-state index in [9.17, 15) is 13.2 Å². The van der Waals surface area contributed by atoms with Crippen molar-refractivity contribution in [3.63, 3.8) is 0 Å². The third kappa shape index (κ3) is 5.07. The molecular weight excluding hydrogens is 368 g/mol. The Hall–Kier alpha value is -1.48. The van der Waals surface area contributed by atoms with Gasteiger partial charge in [0.05, 0.1) is 24.7 Å². The topological polar surface area (TPSA) is 76.2 Å². The molecule has 0 aromatic heterocycles. The van der Waals surface area contributed by atoms with Crippen LogP contribution >= 0.6 is 0 Å². The minimum absolute atomic E-state index is 0.162. The van der Waals surface area contributed by atoms with Crippen LogP contribution in [0, 0.1) is 5.41 Å². The summed E-state index contributed by atoms with van der Waals surface area (Å²) in [5.74, 6) is 0.162. The van der Waals surface area contributed by atoms with Gasteiger partial charge in [0.25, 0.3) is 0 Å². The van der Waals surface area contributed by atoms with E-state index >= 15 is 0 Å². The van der Waals surface area contributed by atoms with Gasteiger partial charge in [0.1, 0.15) is 0 Å². The summed E-state index contributed by atoms with van der Waals surface area (Å²) < 4.78 is 34.2. The largest absolute Gasteiger partial charge is 0.383 e. The number of nitrogens with zero attached hydrogens (tertiary/aromatic N) is 2. The first-order valence-electron chi connectivity index (χ1n) is 9.17. The molecule has 3 rings (SSSR count). The molecule has 7 nitrogen and oxygen atoms in total. The second kappa shape index (κ2) is 8.26. The van der Waals surface area contributed by atoms with Gasteiger partial charge >= 0.3 is 0 Å². The van der Waals surface area contributed by atoms with Gasteiger partial charge in [0, 0.05) is 57.9 Å². The van der Waals surface area contributed by atoms with E-state index in [4.69, 9.17) is 9.47 Å². The summed E-state index contributed by atoms with van der Waals surface area (Å²) in [6, 6.07) is 7.03. The van der Waals surface area contributed by atoms with Crippen LogP contribution < -0.4 is 0 Å². The van der Waals surface area contributed by atoms with E-state index in [2.05, 4.69) is 4.90 Å². The number of hydrogen-bond acceptors (Lipinski definition) is 6. The van der Waals surface area contributed by atoms with Crippen molar-refractivity contribution in [2.24, 2.45) is 5.41 Å². The van der Waals surface area contributed by atoms with Gasteiger partial charge in [-0.1, -0.05) is 12.1 Å². The highest BCUT2D eigenvalue weighted by molar-refractivity contribution is 7.90. The summed E-state index contributed by atoms with van der Waals surface area (Å²) in [4.78, 5) is 16.9. The molecule has 8 heteroatoms. The number of methoxy groups -OCH3 is 1. The Bertz CT molecular complexity index is 765. The van der Waals surface area contributed by atoms with E-state index in [1.165, 1.54) is 6.26 Å². The zero-order chi connectivity index (χ0) is 19.5. The van der Waals surface area contributed by atoms with E-state index in [0.717, 1.165) is 18.7 Å². The highest BCUT2D eigenvalue weighted by atomic mass is 32.2. The van der Waals surface area contributed by atoms with Gasteiger partial charge in [-0.2, -0.15) is 0 Å². The monoisotopic (exact) mass is 396 g/mol. The molecular formula is C19H28N2O5S. The Morgan fingerprint density at radius 1 is 1.22 bits per heavy atom. The minimum Gasteiger partial charge on any atom is -0.383 e. The summed E-state index contributed by atoms with van der Waals surface area (Å²) in [7, 11) is -1.54. The summed E-state index contributed by atoms with van der Waals surface area (Å²) in [5, 5.41) is 0. The average Bonchev–Trinajstić information content (AvgIpc) is 2.78. The molecule has 1 unspecified atom stereocenters. The third-order valence-electron chi connectivity index (χ3n) is 5.25. The van der Waals surface area contributed by atoms with Gasteiger partial charge in [0.2, 0.25) is 5.91 Å². The smallest absolute Gasteiger partial charge is 0.223 e. The second-order valence-corrected chi connectivity index (χ2v) is 9.68. The lowest BCUT2D eigenvalue weighted by atomic mass is 9.87. The van der Waals surface area contributed by atoms with Crippen molar-refractivity contribution in [1.82, 2.24) is 9.80 Å². The standard InChI is InChI=1S/C19H28N2O5S/c1-25-9-8-21-14-19(11-18(21)22)13-20(7-10-26-15-19)12-16-3-5-17(6-4-16)27(2,23)24/h3-6H,7-15H2,1-2H3. The fraction of sp³-hybridized carbons (Fsp3) is 0.632. The molecule has 0 N–H and O–H groups in total. The van der Waals surface area contributed by atoms with Crippen molar-refractivity contribution < 1.29 is 22.7 Å². The fourth-order valence-corrected chi connectivity index (χ4v) is 4.54. The van der Waals surface area contributed by atoms with Crippen LogP contribution in [0.3, 0.4) is 0 Å². The number of hydrogen-bond donors (Lipinski definition) is 0. The lowest BCUT2D eigenvalue weighted by molar-refractivity contribution is -0.128. The predicted molar refractivity (Wildman–Crippen MR) is 101 cm³/mol. The summed E-state index contributed by atoms with van der Waals surface area (Å²) in [6.07, 6.45) is 1.71. The zero-order valence-electron chi connectivity index (χ0n) is 16.0. The van der Waals surface area contributed by atoms with Crippen LogP contribution in [0.25, 0.3) is 0 Å². The van der Waals surface area contributed by atoms with Gasteiger partial charge < -0.3 is 14.4 Å². The van der Waals surface area contributed by atoms with E-state index in [1.54, 1.807) is 19.2 Å². The van der Waals surface area contributed by atoms with Gasteiger partial charge in [-0.25, -0.2) is 8.42 Å². The molecule has 1 aromatic rings. The van der Waals surface area contributed by atoms with Crippen LogP contribution in [0.15, 0.2) is 29.2 Å². The van der Waals surface area contributed by atoms with Crippen LogP contribution in [0.1, 0.15) is 12.0 Å². The lowest BCUT2D eigenvalue weighted by Crippen LogP contribution is -2.40. The van der Waals surface area contributed by atoms with Crippen LogP contribution in [0.4, 0.5) is 0 Å². The van der Waals surface area contributed by atoms with Gasteiger partial charge in [-0.15, -0.1) is 0 Å². The highest BCUT2D eigenvalue weighted by Gasteiger charge is 2.45. The van der Waals surface area contributed by atoms with E-state index in [0.29, 0.717) is 50.8 Å². The number of ether oxygens (including phenoxy) is 2. The number of carbonyl (C=O) groups excluding carboxylic acids is 1. The molecule has 1 aromatic carbocycles. The van der Waals surface area contributed by atoms with Crippen LogP contribution in [-0.4, -0.2) is 83.5 Å². The molecule has 0 aliphatic carbocycles. The maximum absolute atomic E-state index is 12.4. The second-order valence-electron chi connectivity index (χ2n) is 7.66. The van der Waals surface area contributed by atoms with Crippen molar-refractivity contribution in [1.29, 1.82) is 0 Å². The first-order chi connectivity index (χ1) is 12.8. The molecule has 1 atom stereocenters. The Kier molecular flexibility index (Phi) is 6.20. The first-order valence-corrected chi connectivity index (χ1v) is 11.1. The molecule has 2 saturated heterocycles. The number of rotatable bonds is 6. The van der Waals surface area contributed by atoms with Crippen molar-refractivity contribution in [2.45, 2.75) is 17.9 Å². The van der Waals surface area contributed by atoms with Crippen LogP contribution in [-0.2, 0) is 30.7 Å². The lowest BCUT2D eigenvalue weighted by Gasteiger charge is -2.31. The van der Waals surface area contributed by atoms with Gasteiger partial charge in [-0.3, -0.25) is 9.69 Å². The molecule has 2 heterocycles. The fourth-order valence-electron chi connectivity index (χ4n) is 3.91. The maximum atomic E-state index is 12.4. The maximum Gasteiger partial charge on any atom is 0.223 e. The van der Waals surface area contributed by atoms with Gasteiger partial charge in [0.15, 0.2) is 9.84 Å². The average molecular weight is 397 g/mol. The summed E-state index contributed by atoms with van der Waals surface area (Å²) >= 11 is 0. The molecule has 1 amide bonds. The Morgan fingerprint density at radius 2 is 1.96 bits per heavy atom. The number of sulfone groups is 1. The molecule has 2 aliphatic heterocycles. The number of amides is 1. The number of carbonyl (C=O) groups is 1. The SMILES string of the molecule is COCCN1CC2(COCCN(Cc3ccc(S(C)(=O)=O)cc3)C2)CC1=O. The van der Waals surface area contributed by atoms with Crippen molar-refractivity contribution in [2.75, 3.05) is 59.4 Å². The molecule has 0 bridgehead atoms. The first kappa shape index (κ1) is 20.3. The predicted octanol–water partition coefficient (Wildman–Crippen LogP) is 0.787. The van der Waals surface area contributed by atoms with Crippen molar-refractivity contribution >= 4 is 15.7 Å². The highest BCUT2D eigenvalue weighted by Crippen LogP contribution is 2.34. The Balaban J connectivity index is 1.67. The summed E-state index contributed by atoms with van der Waals surface area (Å²) in [6.45, 7) is 5.36. The van der Waals surface area contributed by atoms with E-state index < -0.39 is 9.84 Å². The van der Waals surface area contributed by atoms with Gasteiger partial charge in [-0.05, 0) is 17.7 Å². The number of benzene rings is 1. The van der Waals surface area contributed by atoms with E-state index in [1.807, 2.05) is 17.0 Å². The van der Waals surface area contributed by atoms with Crippen molar-refractivity contribution in [3.05, 3.63) is 29.8 Å². The normalized spacial score (nSPS) is 24.5.